The number of halogens is 1. The molecule has 0 bridgehead atoms. The molecule has 0 spiro atoms. The summed E-state index contributed by atoms with van der Waals surface area (Å²) in [6, 6.07) is 16.2. The molecule has 1 nitrogen and oxygen atoms in total. The van der Waals surface area contributed by atoms with E-state index in [2.05, 4.69) is 0 Å². The quantitative estimate of drug-likeness (QED) is 0.647. The molecule has 0 aromatic heterocycles. The summed E-state index contributed by atoms with van der Waals surface area (Å²) >= 11 is 0. The van der Waals surface area contributed by atoms with E-state index in [4.69, 9.17) is 5.11 Å². The van der Waals surface area contributed by atoms with Crippen molar-refractivity contribution in [1.29, 1.82) is 0 Å². The molecule has 2 rings (SSSR count). The maximum Gasteiger partial charge on any atom is 0.123 e. The van der Waals surface area contributed by atoms with E-state index in [1.807, 2.05) is 42.5 Å². The third-order valence-corrected chi connectivity index (χ3v) is 2.70. The van der Waals surface area contributed by atoms with Crippen molar-refractivity contribution in [2.24, 2.45) is 0 Å². The molecule has 0 saturated heterocycles. The minimum Gasteiger partial charge on any atom is -0.392 e. The summed E-state index contributed by atoms with van der Waals surface area (Å²) in [6.45, 7) is -0.00636. The molecule has 0 heterocycles. The molecule has 0 aliphatic heterocycles. The topological polar surface area (TPSA) is 20.2 Å². The lowest BCUT2D eigenvalue weighted by Crippen LogP contribution is -1.83. The Hall–Kier alpha value is -2.19. The normalized spacial score (nSPS) is 12.0. The van der Waals surface area contributed by atoms with Gasteiger partial charge in [0.2, 0.25) is 0 Å². The molecule has 0 fully saturated rings. The molecule has 0 amide bonds. The lowest BCUT2D eigenvalue weighted by atomic mass is 10.0. The fourth-order valence-corrected chi connectivity index (χ4v) is 1.78. The molecular weight excluding hydrogens is 239 g/mol. The number of benzene rings is 2. The summed E-state index contributed by atoms with van der Waals surface area (Å²) in [4.78, 5) is 0. The Morgan fingerprint density at radius 2 is 1.68 bits per heavy atom. The van der Waals surface area contributed by atoms with Crippen LogP contribution in [-0.2, 0) is 0 Å². The summed E-state index contributed by atoms with van der Waals surface area (Å²) in [6.07, 6.45) is 5.50. The highest BCUT2D eigenvalue weighted by Crippen LogP contribution is 2.19. The van der Waals surface area contributed by atoms with E-state index in [1.54, 1.807) is 18.2 Å². The van der Waals surface area contributed by atoms with Gasteiger partial charge in [-0.1, -0.05) is 54.6 Å². The number of aliphatic hydroxyl groups is 1. The van der Waals surface area contributed by atoms with E-state index in [9.17, 15) is 4.39 Å². The Balaban J connectivity index is 2.37. The Morgan fingerprint density at radius 1 is 1.00 bits per heavy atom. The van der Waals surface area contributed by atoms with E-state index in [1.165, 1.54) is 12.1 Å². The van der Waals surface area contributed by atoms with Crippen LogP contribution in [0, 0.1) is 5.82 Å². The van der Waals surface area contributed by atoms with Gasteiger partial charge in [-0.3, -0.25) is 0 Å². The van der Waals surface area contributed by atoms with Gasteiger partial charge in [-0.15, -0.1) is 0 Å². The van der Waals surface area contributed by atoms with Crippen molar-refractivity contribution >= 4 is 11.6 Å². The molecule has 0 aliphatic rings. The van der Waals surface area contributed by atoms with Crippen molar-refractivity contribution in [3.05, 3.63) is 83.7 Å². The predicted octanol–water partition coefficient (Wildman–Crippen LogP) is 3.91. The summed E-state index contributed by atoms with van der Waals surface area (Å²) in [5.41, 5.74) is 2.95. The van der Waals surface area contributed by atoms with Gasteiger partial charge in [-0.2, -0.15) is 0 Å². The molecule has 0 aliphatic carbocycles. The fraction of sp³-hybridized carbons (Fsp3) is 0.0588. The monoisotopic (exact) mass is 254 g/mol. The van der Waals surface area contributed by atoms with Gasteiger partial charge in [0, 0.05) is 0 Å². The van der Waals surface area contributed by atoms with Crippen molar-refractivity contribution < 1.29 is 9.50 Å². The van der Waals surface area contributed by atoms with Gasteiger partial charge in [-0.25, -0.2) is 4.39 Å². The van der Waals surface area contributed by atoms with Crippen molar-refractivity contribution in [3.8, 4) is 0 Å². The average Bonchev–Trinajstić information content (AvgIpc) is 2.46. The van der Waals surface area contributed by atoms with E-state index in [0.29, 0.717) is 0 Å². The maximum atomic E-state index is 12.9. The largest absolute Gasteiger partial charge is 0.392 e. The molecule has 0 saturated carbocycles. The first-order valence-electron chi connectivity index (χ1n) is 6.09. The highest BCUT2D eigenvalue weighted by Gasteiger charge is 1.98. The molecule has 0 radical (unpaired) electrons. The van der Waals surface area contributed by atoms with Gasteiger partial charge in [0.05, 0.1) is 6.61 Å². The van der Waals surface area contributed by atoms with Crippen LogP contribution in [0.25, 0.3) is 11.6 Å². The molecule has 0 unspecified atom stereocenters. The third-order valence-electron chi connectivity index (χ3n) is 2.70. The highest BCUT2D eigenvalue weighted by molar-refractivity contribution is 5.87. The highest BCUT2D eigenvalue weighted by atomic mass is 19.1. The van der Waals surface area contributed by atoms with Crippen molar-refractivity contribution in [1.82, 2.24) is 0 Å². The Labute approximate surface area is 112 Å². The van der Waals surface area contributed by atoms with Crippen LogP contribution in [0.1, 0.15) is 11.1 Å². The zero-order chi connectivity index (χ0) is 13.5. The molecule has 0 atom stereocenters. The van der Waals surface area contributed by atoms with E-state index >= 15 is 0 Å². The standard InChI is InChI=1S/C17H15FO/c18-17-10-8-14(9-11-17)13-16(7-4-12-19)15-5-2-1-3-6-15/h1-11,13,19H,12H2. The third kappa shape index (κ3) is 3.90. The van der Waals surface area contributed by atoms with Crippen LogP contribution >= 0.6 is 0 Å². The second kappa shape index (κ2) is 6.66. The molecule has 2 aromatic rings. The lowest BCUT2D eigenvalue weighted by molar-refractivity contribution is 0.343. The maximum absolute atomic E-state index is 12.9. The van der Waals surface area contributed by atoms with Crippen LogP contribution in [0.3, 0.4) is 0 Å². The number of rotatable bonds is 4. The summed E-state index contributed by atoms with van der Waals surface area (Å²) in [5.74, 6) is -0.246. The second-order valence-corrected chi connectivity index (χ2v) is 4.10. The van der Waals surface area contributed by atoms with Gasteiger partial charge in [0.15, 0.2) is 0 Å². The van der Waals surface area contributed by atoms with Gasteiger partial charge in [0.25, 0.3) is 0 Å². The van der Waals surface area contributed by atoms with Crippen LogP contribution in [-0.4, -0.2) is 11.7 Å². The first-order chi connectivity index (χ1) is 9.29. The van der Waals surface area contributed by atoms with Gasteiger partial charge in [-0.05, 0) is 34.9 Å². The van der Waals surface area contributed by atoms with Crippen molar-refractivity contribution in [2.45, 2.75) is 0 Å². The Kier molecular flexibility index (Phi) is 4.65. The van der Waals surface area contributed by atoms with Gasteiger partial charge < -0.3 is 5.11 Å². The predicted molar refractivity (Wildman–Crippen MR) is 76.9 cm³/mol. The zero-order valence-electron chi connectivity index (χ0n) is 10.5. The first kappa shape index (κ1) is 13.2. The average molecular weight is 254 g/mol. The lowest BCUT2D eigenvalue weighted by Gasteiger charge is -2.03. The molecule has 1 N–H and O–H groups in total. The fourth-order valence-electron chi connectivity index (χ4n) is 1.78. The minimum atomic E-state index is -0.246. The zero-order valence-corrected chi connectivity index (χ0v) is 10.5. The minimum absolute atomic E-state index is 0.00636. The molecule has 2 heteroatoms. The number of allylic oxidation sites excluding steroid dienone is 2. The van der Waals surface area contributed by atoms with Crippen LogP contribution < -0.4 is 0 Å². The number of hydrogen-bond donors (Lipinski definition) is 1. The second-order valence-electron chi connectivity index (χ2n) is 4.10. The van der Waals surface area contributed by atoms with Crippen LogP contribution in [0.15, 0.2) is 66.7 Å². The molecule has 96 valence electrons. The summed E-state index contributed by atoms with van der Waals surface area (Å²) in [7, 11) is 0. The smallest absolute Gasteiger partial charge is 0.123 e. The van der Waals surface area contributed by atoms with Gasteiger partial charge >= 0.3 is 0 Å². The SMILES string of the molecule is OCC=CC(=Cc1ccc(F)cc1)c1ccccc1. The van der Waals surface area contributed by atoms with Crippen molar-refractivity contribution in [2.75, 3.05) is 6.61 Å². The Morgan fingerprint density at radius 3 is 2.32 bits per heavy atom. The molecule has 2 aromatic carbocycles. The van der Waals surface area contributed by atoms with E-state index in [0.717, 1.165) is 16.7 Å². The van der Waals surface area contributed by atoms with Gasteiger partial charge in [0.1, 0.15) is 5.82 Å². The first-order valence-corrected chi connectivity index (χ1v) is 6.09. The Bertz CT molecular complexity index is 568. The number of aliphatic hydroxyl groups excluding tert-OH is 1. The summed E-state index contributed by atoms with van der Waals surface area (Å²) in [5, 5.41) is 8.90. The van der Waals surface area contributed by atoms with Crippen LogP contribution in [0.5, 0.6) is 0 Å². The summed E-state index contributed by atoms with van der Waals surface area (Å²) < 4.78 is 12.9. The van der Waals surface area contributed by atoms with Crippen LogP contribution in [0.4, 0.5) is 4.39 Å². The van der Waals surface area contributed by atoms with Crippen molar-refractivity contribution in [3.63, 3.8) is 0 Å². The van der Waals surface area contributed by atoms with E-state index in [-0.39, 0.29) is 12.4 Å². The molecular formula is C17H15FO. The molecule has 19 heavy (non-hydrogen) atoms. The van der Waals surface area contributed by atoms with Crippen LogP contribution in [0.2, 0.25) is 0 Å². The number of hydrogen-bond acceptors (Lipinski definition) is 1. The van der Waals surface area contributed by atoms with E-state index < -0.39 is 0 Å².